The van der Waals surface area contributed by atoms with Crippen LogP contribution in [0.25, 0.3) is 95.0 Å². The zero-order valence-corrected chi connectivity index (χ0v) is 29.9. The fourth-order valence-corrected chi connectivity index (χ4v) is 7.47. The van der Waals surface area contributed by atoms with Gasteiger partial charge in [0, 0.05) is 33.2 Å². The topological polar surface area (TPSA) is 43.6 Å². The van der Waals surface area contributed by atoms with Crippen LogP contribution in [0.3, 0.4) is 0 Å². The Balaban J connectivity index is 1.15. The number of aromatic nitrogens is 4. The quantitative estimate of drug-likeness (QED) is 0.166. The molecule has 0 spiro atoms. The van der Waals surface area contributed by atoms with Crippen molar-refractivity contribution in [2.24, 2.45) is 0 Å². The van der Waals surface area contributed by atoms with E-state index >= 15 is 0 Å². The average molecular weight is 703 g/mol. The molecule has 0 N–H and O–H groups in total. The lowest BCUT2D eigenvalue weighted by atomic mass is 10.0. The molecule has 2 heterocycles. The standard InChI is InChI=1S/C51H34N4/c1-5-13-35(14-6-1)38-21-23-41(24-22-38)50-52-49(40-19-11-4-12-20-40)53-51(54-50)43-27-31-45-46-33-42(37-17-9-3-10-18-37)28-32-47(46)55(48(45)34-43)44-29-25-39(26-30-44)36-15-7-2-8-16-36/h1-34H. The molecule has 4 heteroatoms. The van der Waals surface area contributed by atoms with Gasteiger partial charge < -0.3 is 4.57 Å². The van der Waals surface area contributed by atoms with Crippen molar-refractivity contribution in [2.75, 3.05) is 0 Å². The highest BCUT2D eigenvalue weighted by molar-refractivity contribution is 6.11. The fourth-order valence-electron chi connectivity index (χ4n) is 7.47. The number of hydrogen-bond donors (Lipinski definition) is 0. The maximum absolute atomic E-state index is 5.13. The largest absolute Gasteiger partial charge is 0.309 e. The van der Waals surface area contributed by atoms with Crippen molar-refractivity contribution in [3.63, 3.8) is 0 Å². The minimum atomic E-state index is 0.624. The van der Waals surface area contributed by atoms with Crippen LogP contribution in [0.1, 0.15) is 0 Å². The van der Waals surface area contributed by atoms with Gasteiger partial charge in [0.15, 0.2) is 17.5 Å². The van der Waals surface area contributed by atoms with Gasteiger partial charge in [-0.2, -0.15) is 0 Å². The van der Waals surface area contributed by atoms with E-state index in [4.69, 9.17) is 15.0 Å². The third-order valence-corrected chi connectivity index (χ3v) is 10.3. The van der Waals surface area contributed by atoms with Gasteiger partial charge in [-0.15, -0.1) is 0 Å². The van der Waals surface area contributed by atoms with E-state index in [0.29, 0.717) is 17.5 Å². The molecule has 0 unspecified atom stereocenters. The van der Waals surface area contributed by atoms with Crippen molar-refractivity contribution in [3.05, 3.63) is 206 Å². The summed E-state index contributed by atoms with van der Waals surface area (Å²) in [6.45, 7) is 0. The van der Waals surface area contributed by atoms with Gasteiger partial charge in [0.05, 0.1) is 11.0 Å². The normalized spacial score (nSPS) is 11.3. The van der Waals surface area contributed by atoms with Crippen molar-refractivity contribution in [2.45, 2.75) is 0 Å². The highest BCUT2D eigenvalue weighted by Crippen LogP contribution is 2.38. The third kappa shape index (κ3) is 6.16. The summed E-state index contributed by atoms with van der Waals surface area (Å²) in [5.41, 5.74) is 13.2. The maximum atomic E-state index is 5.13. The second kappa shape index (κ2) is 13.8. The van der Waals surface area contributed by atoms with E-state index in [2.05, 4.69) is 174 Å². The van der Waals surface area contributed by atoms with Crippen molar-refractivity contribution < 1.29 is 0 Å². The molecular weight excluding hydrogens is 669 g/mol. The molecular formula is C51H34N4. The van der Waals surface area contributed by atoms with Crippen molar-refractivity contribution in [1.29, 1.82) is 0 Å². The van der Waals surface area contributed by atoms with Crippen LogP contribution >= 0.6 is 0 Å². The van der Waals surface area contributed by atoms with Crippen LogP contribution in [-0.2, 0) is 0 Å². The monoisotopic (exact) mass is 702 g/mol. The van der Waals surface area contributed by atoms with Crippen LogP contribution in [-0.4, -0.2) is 19.5 Å². The lowest BCUT2D eigenvalue weighted by molar-refractivity contribution is 1.07. The van der Waals surface area contributed by atoms with Gasteiger partial charge >= 0.3 is 0 Å². The van der Waals surface area contributed by atoms with Crippen molar-refractivity contribution in [1.82, 2.24) is 19.5 Å². The molecule has 0 atom stereocenters. The Morgan fingerprint density at radius 2 is 0.636 bits per heavy atom. The second-order valence-electron chi connectivity index (χ2n) is 13.7. The molecule has 55 heavy (non-hydrogen) atoms. The zero-order chi connectivity index (χ0) is 36.6. The molecule has 0 aliphatic carbocycles. The lowest BCUT2D eigenvalue weighted by Crippen LogP contribution is -2.00. The van der Waals surface area contributed by atoms with Crippen LogP contribution < -0.4 is 0 Å². The summed E-state index contributed by atoms with van der Waals surface area (Å²) >= 11 is 0. The maximum Gasteiger partial charge on any atom is 0.164 e. The predicted molar refractivity (Wildman–Crippen MR) is 227 cm³/mol. The molecule has 0 bridgehead atoms. The number of benzene rings is 8. The van der Waals surface area contributed by atoms with E-state index in [9.17, 15) is 0 Å². The molecule has 0 saturated heterocycles. The molecule has 10 aromatic rings. The Hall–Kier alpha value is -7.43. The Kier molecular flexibility index (Phi) is 8.12. The Labute approximate surface area is 319 Å². The zero-order valence-electron chi connectivity index (χ0n) is 29.9. The van der Waals surface area contributed by atoms with Gasteiger partial charge in [-0.3, -0.25) is 0 Å². The smallest absolute Gasteiger partial charge is 0.164 e. The summed E-state index contributed by atoms with van der Waals surface area (Å²) < 4.78 is 2.36. The Bertz CT molecular complexity index is 2920. The molecule has 0 aliphatic rings. The van der Waals surface area contributed by atoms with Gasteiger partial charge in [-0.1, -0.05) is 176 Å². The molecule has 0 radical (unpaired) electrons. The van der Waals surface area contributed by atoms with E-state index in [1.165, 1.54) is 33.2 Å². The first-order chi connectivity index (χ1) is 27.2. The lowest BCUT2D eigenvalue weighted by Gasteiger charge is -2.11. The van der Waals surface area contributed by atoms with Gasteiger partial charge in [0.2, 0.25) is 0 Å². The molecule has 4 nitrogen and oxygen atoms in total. The SMILES string of the molecule is c1ccc(-c2ccc(-c3nc(-c4ccccc4)nc(-c4ccc5c6cc(-c7ccccc7)ccc6n(-c6ccc(-c7ccccc7)cc6)c5c4)n3)cc2)cc1. The molecule has 0 fully saturated rings. The minimum Gasteiger partial charge on any atom is -0.309 e. The van der Waals surface area contributed by atoms with Crippen LogP contribution in [0.4, 0.5) is 0 Å². The van der Waals surface area contributed by atoms with E-state index in [1.54, 1.807) is 0 Å². The summed E-state index contributed by atoms with van der Waals surface area (Å²) in [6.07, 6.45) is 0. The van der Waals surface area contributed by atoms with E-state index in [1.807, 2.05) is 36.4 Å². The Morgan fingerprint density at radius 1 is 0.255 bits per heavy atom. The predicted octanol–water partition coefficient (Wildman–Crippen LogP) is 13.0. The van der Waals surface area contributed by atoms with Gasteiger partial charge in [0.1, 0.15) is 0 Å². The summed E-state index contributed by atoms with van der Waals surface area (Å²) in [6, 6.07) is 72.3. The van der Waals surface area contributed by atoms with Crippen molar-refractivity contribution in [3.8, 4) is 73.2 Å². The molecule has 0 saturated carbocycles. The van der Waals surface area contributed by atoms with Crippen LogP contribution in [0.5, 0.6) is 0 Å². The molecule has 8 aromatic carbocycles. The van der Waals surface area contributed by atoms with E-state index in [-0.39, 0.29) is 0 Å². The van der Waals surface area contributed by atoms with Crippen molar-refractivity contribution >= 4 is 21.8 Å². The molecule has 0 amide bonds. The highest BCUT2D eigenvalue weighted by atomic mass is 15.0. The van der Waals surface area contributed by atoms with Gasteiger partial charge in [-0.25, -0.2) is 15.0 Å². The fraction of sp³-hybridized carbons (Fsp3) is 0. The second-order valence-corrected chi connectivity index (χ2v) is 13.7. The van der Waals surface area contributed by atoms with E-state index < -0.39 is 0 Å². The molecule has 258 valence electrons. The molecule has 10 rings (SSSR count). The summed E-state index contributed by atoms with van der Waals surface area (Å²) in [5.74, 6) is 1.89. The summed E-state index contributed by atoms with van der Waals surface area (Å²) in [5, 5.41) is 2.35. The highest BCUT2D eigenvalue weighted by Gasteiger charge is 2.18. The molecule has 2 aromatic heterocycles. The number of rotatable bonds is 7. The number of fused-ring (bicyclic) bond motifs is 3. The van der Waals surface area contributed by atoms with Crippen LogP contribution in [0, 0.1) is 0 Å². The van der Waals surface area contributed by atoms with E-state index in [0.717, 1.165) is 44.4 Å². The van der Waals surface area contributed by atoms with Crippen LogP contribution in [0.15, 0.2) is 206 Å². The first-order valence-corrected chi connectivity index (χ1v) is 18.5. The van der Waals surface area contributed by atoms with Crippen LogP contribution in [0.2, 0.25) is 0 Å². The number of nitrogens with zero attached hydrogens (tertiary/aromatic N) is 4. The first-order valence-electron chi connectivity index (χ1n) is 18.5. The van der Waals surface area contributed by atoms with Gasteiger partial charge in [-0.05, 0) is 63.7 Å². The Morgan fingerprint density at radius 3 is 1.18 bits per heavy atom. The first kappa shape index (κ1) is 32.2. The average Bonchev–Trinajstić information content (AvgIpc) is 3.60. The molecule has 0 aliphatic heterocycles. The summed E-state index contributed by atoms with van der Waals surface area (Å²) in [4.78, 5) is 15.2. The van der Waals surface area contributed by atoms with Gasteiger partial charge in [0.25, 0.3) is 0 Å². The number of hydrogen-bond acceptors (Lipinski definition) is 3. The summed E-state index contributed by atoms with van der Waals surface area (Å²) in [7, 11) is 0. The third-order valence-electron chi connectivity index (χ3n) is 10.3. The minimum absolute atomic E-state index is 0.624.